The molecule has 0 aromatic carbocycles. The van der Waals surface area contributed by atoms with E-state index in [0.717, 1.165) is 0 Å². The van der Waals surface area contributed by atoms with Gasteiger partial charge in [-0.05, 0) is 41.1 Å². The number of aromatic nitrogens is 1. The molecule has 0 spiro atoms. The van der Waals surface area contributed by atoms with Crippen molar-refractivity contribution in [2.24, 2.45) is 0 Å². The van der Waals surface area contributed by atoms with Gasteiger partial charge in [0, 0.05) is 0 Å². The topological polar surface area (TPSA) is 22.1 Å². The molecule has 0 aliphatic carbocycles. The third kappa shape index (κ3) is 3.67. The quantitative estimate of drug-likeness (QED) is 0.461. The van der Waals surface area contributed by atoms with Crippen molar-refractivity contribution < 1.29 is 17.9 Å². The molecule has 84 valence electrons. The lowest BCUT2D eigenvalue weighted by Gasteiger charge is -2.12. The molecule has 2 nitrogen and oxygen atoms in total. The predicted molar refractivity (Wildman–Crippen MR) is 57.9 cm³/mol. The summed E-state index contributed by atoms with van der Waals surface area (Å²) in [4.78, 5) is 3.91. The Labute approximate surface area is 103 Å². The van der Waals surface area contributed by atoms with E-state index in [-0.39, 0.29) is 15.3 Å². The summed E-state index contributed by atoms with van der Waals surface area (Å²) in [6, 6.07) is 1.28. The van der Waals surface area contributed by atoms with Crippen LogP contribution in [0.4, 0.5) is 13.2 Å². The highest BCUT2D eigenvalue weighted by Crippen LogP contribution is 2.28. The standard InChI is InChI=1S/C8H6ClF3INO/c1-4-2-6(15-8(10,11)12)7(13)14-5(4)3-9/h2H,3H2,1H3. The molecular weight excluding hydrogens is 345 g/mol. The average molecular weight is 351 g/mol. The van der Waals surface area contributed by atoms with Crippen molar-refractivity contribution in [3.8, 4) is 5.75 Å². The summed E-state index contributed by atoms with van der Waals surface area (Å²) in [6.07, 6.45) is -4.70. The summed E-state index contributed by atoms with van der Waals surface area (Å²) < 4.78 is 39.8. The molecule has 1 aromatic heterocycles. The number of rotatable bonds is 2. The molecule has 0 saturated carbocycles. The van der Waals surface area contributed by atoms with Crippen LogP contribution in [0, 0.1) is 10.6 Å². The zero-order chi connectivity index (χ0) is 11.6. The summed E-state index contributed by atoms with van der Waals surface area (Å²) in [7, 11) is 0. The van der Waals surface area contributed by atoms with Crippen LogP contribution in [0.1, 0.15) is 11.3 Å². The Balaban J connectivity index is 3.05. The van der Waals surface area contributed by atoms with Gasteiger partial charge in [-0.15, -0.1) is 24.8 Å². The number of hydrogen-bond acceptors (Lipinski definition) is 2. The van der Waals surface area contributed by atoms with E-state index in [2.05, 4.69) is 9.72 Å². The van der Waals surface area contributed by atoms with Crippen LogP contribution in [0.5, 0.6) is 5.75 Å². The van der Waals surface area contributed by atoms with Gasteiger partial charge >= 0.3 is 6.36 Å². The van der Waals surface area contributed by atoms with E-state index in [9.17, 15) is 13.2 Å². The maximum atomic E-state index is 12.0. The van der Waals surface area contributed by atoms with Crippen LogP contribution in [-0.4, -0.2) is 11.3 Å². The molecule has 1 aromatic rings. The van der Waals surface area contributed by atoms with Crippen LogP contribution in [0.15, 0.2) is 6.07 Å². The van der Waals surface area contributed by atoms with Crippen LogP contribution in [-0.2, 0) is 5.88 Å². The van der Waals surface area contributed by atoms with Crippen LogP contribution in [0.2, 0.25) is 0 Å². The fourth-order valence-corrected chi connectivity index (χ4v) is 1.76. The van der Waals surface area contributed by atoms with Crippen molar-refractivity contribution in [2.75, 3.05) is 0 Å². The van der Waals surface area contributed by atoms with E-state index in [4.69, 9.17) is 11.6 Å². The first kappa shape index (κ1) is 12.8. The maximum absolute atomic E-state index is 12.0. The highest BCUT2D eigenvalue weighted by molar-refractivity contribution is 14.1. The largest absolute Gasteiger partial charge is 0.573 e. The van der Waals surface area contributed by atoms with Crippen molar-refractivity contribution in [3.05, 3.63) is 21.0 Å². The molecule has 0 aliphatic rings. The fourth-order valence-electron chi connectivity index (χ4n) is 0.933. The van der Waals surface area contributed by atoms with Gasteiger partial charge in [-0.25, -0.2) is 4.98 Å². The summed E-state index contributed by atoms with van der Waals surface area (Å²) in [5.74, 6) is -0.136. The number of alkyl halides is 4. The molecule has 1 heterocycles. The van der Waals surface area contributed by atoms with E-state index < -0.39 is 6.36 Å². The Hall–Kier alpha value is -0.240. The van der Waals surface area contributed by atoms with E-state index in [0.29, 0.717) is 11.3 Å². The minimum Gasteiger partial charge on any atom is -0.403 e. The molecule has 0 fully saturated rings. The third-order valence-corrected chi connectivity index (χ3v) is 2.62. The van der Waals surface area contributed by atoms with Crippen molar-refractivity contribution in [1.82, 2.24) is 4.98 Å². The number of aryl methyl sites for hydroxylation is 1. The molecule has 1 rings (SSSR count). The van der Waals surface area contributed by atoms with Crippen molar-refractivity contribution in [2.45, 2.75) is 19.2 Å². The second kappa shape index (κ2) is 4.73. The van der Waals surface area contributed by atoms with Crippen molar-refractivity contribution in [3.63, 3.8) is 0 Å². The Bertz CT molecular complexity index is 370. The molecule has 0 unspecified atom stereocenters. The molecule has 15 heavy (non-hydrogen) atoms. The first-order valence-corrected chi connectivity index (χ1v) is 5.42. The number of nitrogens with zero attached hydrogens (tertiary/aromatic N) is 1. The SMILES string of the molecule is Cc1cc(OC(F)(F)F)c(I)nc1CCl. The zero-order valence-electron chi connectivity index (χ0n) is 7.53. The van der Waals surface area contributed by atoms with E-state index in [1.807, 2.05) is 0 Å². The maximum Gasteiger partial charge on any atom is 0.573 e. The van der Waals surface area contributed by atoms with Gasteiger partial charge in [0.1, 0.15) is 3.70 Å². The lowest BCUT2D eigenvalue weighted by atomic mass is 10.2. The summed E-state index contributed by atoms with van der Waals surface area (Å²) >= 11 is 7.23. The molecule has 0 saturated heterocycles. The van der Waals surface area contributed by atoms with E-state index in [1.165, 1.54) is 6.07 Å². The molecule has 0 N–H and O–H groups in total. The van der Waals surface area contributed by atoms with Gasteiger partial charge in [0.2, 0.25) is 0 Å². The molecule has 0 radical (unpaired) electrons. The second-order valence-electron chi connectivity index (χ2n) is 2.72. The molecule has 0 bridgehead atoms. The summed E-state index contributed by atoms with van der Waals surface area (Å²) in [5.41, 5.74) is 1.13. The highest BCUT2D eigenvalue weighted by atomic mass is 127. The van der Waals surface area contributed by atoms with Crippen molar-refractivity contribution >= 4 is 34.2 Å². The summed E-state index contributed by atoms with van der Waals surface area (Å²) in [5, 5.41) is 0. The van der Waals surface area contributed by atoms with E-state index >= 15 is 0 Å². The minimum atomic E-state index is -4.70. The number of pyridine rings is 1. The second-order valence-corrected chi connectivity index (χ2v) is 4.01. The molecule has 0 amide bonds. The molecule has 0 atom stereocenters. The highest BCUT2D eigenvalue weighted by Gasteiger charge is 2.32. The summed E-state index contributed by atoms with van der Waals surface area (Å²) in [6.45, 7) is 1.63. The molecule has 0 aliphatic heterocycles. The fraction of sp³-hybridized carbons (Fsp3) is 0.375. The van der Waals surface area contributed by atoms with Crippen molar-refractivity contribution in [1.29, 1.82) is 0 Å². The third-order valence-electron chi connectivity index (χ3n) is 1.59. The van der Waals surface area contributed by atoms with Gasteiger partial charge in [-0.3, -0.25) is 0 Å². The lowest BCUT2D eigenvalue weighted by molar-refractivity contribution is -0.275. The monoisotopic (exact) mass is 351 g/mol. The van der Waals surface area contributed by atoms with Gasteiger partial charge in [0.05, 0.1) is 11.6 Å². The minimum absolute atomic E-state index is 0.145. The smallest absolute Gasteiger partial charge is 0.403 e. The lowest BCUT2D eigenvalue weighted by Crippen LogP contribution is -2.18. The Morgan fingerprint density at radius 2 is 2.13 bits per heavy atom. The Morgan fingerprint density at radius 3 is 2.60 bits per heavy atom. The first-order valence-electron chi connectivity index (χ1n) is 3.81. The number of ether oxygens (including phenoxy) is 1. The zero-order valence-corrected chi connectivity index (χ0v) is 10.4. The number of hydrogen-bond donors (Lipinski definition) is 0. The van der Waals surface area contributed by atoms with Crippen LogP contribution >= 0.6 is 34.2 Å². The van der Waals surface area contributed by atoms with Gasteiger partial charge in [0.15, 0.2) is 5.75 Å². The van der Waals surface area contributed by atoms with Crippen LogP contribution < -0.4 is 4.74 Å². The van der Waals surface area contributed by atoms with Gasteiger partial charge < -0.3 is 4.74 Å². The average Bonchev–Trinajstić information content (AvgIpc) is 2.08. The molecule has 7 heteroatoms. The Kier molecular flexibility index (Phi) is 4.05. The normalized spacial score (nSPS) is 11.6. The van der Waals surface area contributed by atoms with Gasteiger partial charge in [0.25, 0.3) is 0 Å². The van der Waals surface area contributed by atoms with Gasteiger partial charge in [-0.2, -0.15) is 0 Å². The number of halogens is 5. The van der Waals surface area contributed by atoms with Crippen LogP contribution in [0.3, 0.4) is 0 Å². The Morgan fingerprint density at radius 1 is 1.53 bits per heavy atom. The van der Waals surface area contributed by atoms with Gasteiger partial charge in [-0.1, -0.05) is 0 Å². The molecular formula is C8H6ClF3INO. The van der Waals surface area contributed by atoms with E-state index in [1.54, 1.807) is 29.5 Å². The first-order chi connectivity index (χ1) is 6.83. The predicted octanol–water partition coefficient (Wildman–Crippen LogP) is 3.63. The van der Waals surface area contributed by atoms with Crippen LogP contribution in [0.25, 0.3) is 0 Å².